The molecule has 0 unspecified atom stereocenters. The average molecular weight is 335 g/mol. The molecule has 0 bridgehead atoms. The fraction of sp³-hybridized carbons (Fsp3) is 0.333. The Morgan fingerprint density at radius 2 is 2.15 bits per heavy atom. The van der Waals surface area contributed by atoms with Crippen LogP contribution in [-0.4, -0.2) is 17.1 Å². The highest BCUT2D eigenvalue weighted by Gasteiger charge is 2.19. The van der Waals surface area contributed by atoms with Gasteiger partial charge in [0, 0.05) is 6.04 Å². The van der Waals surface area contributed by atoms with Crippen LogP contribution in [0, 0.1) is 11.3 Å². The minimum atomic E-state index is -0.330. The van der Waals surface area contributed by atoms with Crippen LogP contribution in [0.4, 0.5) is 0 Å². The van der Waals surface area contributed by atoms with Gasteiger partial charge >= 0.3 is 0 Å². The van der Waals surface area contributed by atoms with E-state index in [1.165, 1.54) is 12.1 Å². The first-order valence-corrected chi connectivity index (χ1v) is 7.30. The van der Waals surface area contributed by atoms with Crippen molar-refractivity contribution in [1.82, 2.24) is 5.32 Å². The van der Waals surface area contributed by atoms with E-state index in [4.69, 9.17) is 5.26 Å². The van der Waals surface area contributed by atoms with E-state index in [1.807, 2.05) is 6.07 Å². The van der Waals surface area contributed by atoms with Crippen molar-refractivity contribution in [2.45, 2.75) is 31.7 Å². The van der Waals surface area contributed by atoms with Crippen LogP contribution < -0.4 is 5.32 Å². The predicted molar refractivity (Wildman–Crippen MR) is 79.8 cm³/mol. The Labute approximate surface area is 126 Å². The van der Waals surface area contributed by atoms with E-state index in [9.17, 15) is 9.90 Å². The molecule has 0 aliphatic heterocycles. The molecule has 1 amide bonds. The fourth-order valence-corrected chi connectivity index (χ4v) is 2.66. The van der Waals surface area contributed by atoms with E-state index in [0.717, 1.165) is 25.7 Å². The van der Waals surface area contributed by atoms with Crippen LogP contribution in [0.5, 0.6) is 5.75 Å². The second kappa shape index (κ2) is 6.58. The van der Waals surface area contributed by atoms with Crippen molar-refractivity contribution in [3.63, 3.8) is 0 Å². The first-order valence-electron chi connectivity index (χ1n) is 6.51. The number of carbonyl (C=O) groups is 1. The number of benzene rings is 1. The molecule has 0 radical (unpaired) electrons. The van der Waals surface area contributed by atoms with Crippen molar-refractivity contribution >= 4 is 27.9 Å². The molecule has 0 heterocycles. The van der Waals surface area contributed by atoms with Crippen LogP contribution in [-0.2, 0) is 4.79 Å². The standard InChI is InChI=1S/C15H15BrN2O2/c16-13-8-10(5-6-14(13)19)7-11(9-17)15(20)18-12-3-1-2-4-12/h5-8,12,19H,1-4H2,(H,18,20). The van der Waals surface area contributed by atoms with Gasteiger partial charge in [0.15, 0.2) is 0 Å². The summed E-state index contributed by atoms with van der Waals surface area (Å²) in [5.74, 6) is -0.209. The van der Waals surface area contributed by atoms with Crippen molar-refractivity contribution in [1.29, 1.82) is 5.26 Å². The lowest BCUT2D eigenvalue weighted by molar-refractivity contribution is -0.117. The number of aromatic hydroxyl groups is 1. The lowest BCUT2D eigenvalue weighted by atomic mass is 10.1. The fourth-order valence-electron chi connectivity index (χ4n) is 2.26. The average Bonchev–Trinajstić information content (AvgIpc) is 2.92. The predicted octanol–water partition coefficient (Wildman–Crippen LogP) is 3.12. The monoisotopic (exact) mass is 334 g/mol. The van der Waals surface area contributed by atoms with E-state index >= 15 is 0 Å². The van der Waals surface area contributed by atoms with Crippen LogP contribution in [0.1, 0.15) is 31.2 Å². The van der Waals surface area contributed by atoms with E-state index < -0.39 is 0 Å². The zero-order valence-corrected chi connectivity index (χ0v) is 12.5. The normalized spacial score (nSPS) is 15.9. The maximum Gasteiger partial charge on any atom is 0.262 e. The molecular formula is C15H15BrN2O2. The topological polar surface area (TPSA) is 73.1 Å². The van der Waals surface area contributed by atoms with Gasteiger partial charge in [-0.2, -0.15) is 5.26 Å². The molecule has 1 aromatic carbocycles. The maximum atomic E-state index is 12.0. The molecule has 104 valence electrons. The van der Waals surface area contributed by atoms with Gasteiger partial charge in [0.1, 0.15) is 17.4 Å². The van der Waals surface area contributed by atoms with Crippen molar-refractivity contribution in [2.24, 2.45) is 0 Å². The zero-order valence-electron chi connectivity index (χ0n) is 10.9. The third kappa shape index (κ3) is 3.61. The lowest BCUT2D eigenvalue weighted by Gasteiger charge is -2.11. The molecule has 1 aliphatic carbocycles. The Hall–Kier alpha value is -1.80. The second-order valence-electron chi connectivity index (χ2n) is 4.84. The SMILES string of the molecule is N#CC(=Cc1ccc(O)c(Br)c1)C(=O)NC1CCCC1. The highest BCUT2D eigenvalue weighted by atomic mass is 79.9. The van der Waals surface area contributed by atoms with Gasteiger partial charge in [-0.25, -0.2) is 0 Å². The quantitative estimate of drug-likeness (QED) is 0.658. The number of hydrogen-bond donors (Lipinski definition) is 2. The molecule has 1 aliphatic rings. The Kier molecular flexibility index (Phi) is 4.80. The summed E-state index contributed by atoms with van der Waals surface area (Å²) in [6.07, 6.45) is 5.74. The van der Waals surface area contributed by atoms with Crippen LogP contribution in [0.2, 0.25) is 0 Å². The van der Waals surface area contributed by atoms with Gasteiger partial charge < -0.3 is 10.4 Å². The minimum Gasteiger partial charge on any atom is -0.507 e. The molecular weight excluding hydrogens is 320 g/mol. The van der Waals surface area contributed by atoms with E-state index in [-0.39, 0.29) is 23.3 Å². The Balaban J connectivity index is 2.13. The number of carbonyl (C=O) groups excluding carboxylic acids is 1. The summed E-state index contributed by atoms with van der Waals surface area (Å²) in [6, 6.07) is 6.94. The first-order chi connectivity index (χ1) is 9.60. The van der Waals surface area contributed by atoms with Gasteiger partial charge in [-0.05, 0) is 52.5 Å². The van der Waals surface area contributed by atoms with Crippen LogP contribution in [0.25, 0.3) is 6.08 Å². The van der Waals surface area contributed by atoms with Gasteiger partial charge in [-0.1, -0.05) is 18.9 Å². The Bertz CT molecular complexity index is 584. The van der Waals surface area contributed by atoms with Gasteiger partial charge in [0.05, 0.1) is 4.47 Å². The van der Waals surface area contributed by atoms with Crippen LogP contribution >= 0.6 is 15.9 Å². The van der Waals surface area contributed by atoms with Crippen LogP contribution in [0.15, 0.2) is 28.2 Å². The summed E-state index contributed by atoms with van der Waals surface area (Å²) in [5.41, 5.74) is 0.766. The van der Waals surface area contributed by atoms with Crippen molar-refractivity contribution in [3.8, 4) is 11.8 Å². The summed E-state index contributed by atoms with van der Waals surface area (Å²) in [6.45, 7) is 0. The third-order valence-electron chi connectivity index (χ3n) is 3.34. The number of nitrogens with one attached hydrogen (secondary N) is 1. The molecule has 1 saturated carbocycles. The van der Waals surface area contributed by atoms with E-state index in [1.54, 1.807) is 12.1 Å². The molecule has 2 N–H and O–H groups in total. The summed E-state index contributed by atoms with van der Waals surface area (Å²) in [4.78, 5) is 12.0. The van der Waals surface area contributed by atoms with Crippen molar-refractivity contribution < 1.29 is 9.90 Å². The maximum absolute atomic E-state index is 12.0. The van der Waals surface area contributed by atoms with Crippen molar-refractivity contribution in [3.05, 3.63) is 33.8 Å². The van der Waals surface area contributed by atoms with Gasteiger partial charge in [-0.15, -0.1) is 0 Å². The smallest absolute Gasteiger partial charge is 0.262 e. The lowest BCUT2D eigenvalue weighted by Crippen LogP contribution is -2.33. The third-order valence-corrected chi connectivity index (χ3v) is 3.97. The molecule has 0 saturated heterocycles. The number of rotatable bonds is 3. The van der Waals surface area contributed by atoms with Crippen molar-refractivity contribution in [2.75, 3.05) is 0 Å². The van der Waals surface area contributed by atoms with Gasteiger partial charge in [-0.3, -0.25) is 4.79 Å². The number of nitrogens with zero attached hydrogens (tertiary/aromatic N) is 1. The molecule has 2 rings (SSSR count). The number of halogens is 1. The minimum absolute atomic E-state index is 0.0782. The molecule has 1 aromatic rings. The Morgan fingerprint density at radius 1 is 1.45 bits per heavy atom. The van der Waals surface area contributed by atoms with E-state index in [0.29, 0.717) is 10.0 Å². The summed E-state index contributed by atoms with van der Waals surface area (Å²) >= 11 is 3.20. The number of phenolic OH excluding ortho intramolecular Hbond substituents is 1. The summed E-state index contributed by atoms with van der Waals surface area (Å²) in [7, 11) is 0. The molecule has 0 aromatic heterocycles. The van der Waals surface area contributed by atoms with Gasteiger partial charge in [0.25, 0.3) is 5.91 Å². The zero-order chi connectivity index (χ0) is 14.5. The highest BCUT2D eigenvalue weighted by Crippen LogP contribution is 2.25. The molecule has 1 fully saturated rings. The largest absolute Gasteiger partial charge is 0.507 e. The number of nitriles is 1. The number of hydrogen-bond acceptors (Lipinski definition) is 3. The van der Waals surface area contributed by atoms with Gasteiger partial charge in [0.2, 0.25) is 0 Å². The highest BCUT2D eigenvalue weighted by molar-refractivity contribution is 9.10. The Morgan fingerprint density at radius 3 is 2.75 bits per heavy atom. The molecule has 0 atom stereocenters. The summed E-state index contributed by atoms with van der Waals surface area (Å²) < 4.78 is 0.528. The molecule has 5 heteroatoms. The second-order valence-corrected chi connectivity index (χ2v) is 5.69. The van der Waals surface area contributed by atoms with Crippen LogP contribution in [0.3, 0.4) is 0 Å². The molecule has 20 heavy (non-hydrogen) atoms. The summed E-state index contributed by atoms with van der Waals surface area (Å²) in [5, 5.41) is 21.4. The van der Waals surface area contributed by atoms with E-state index in [2.05, 4.69) is 21.2 Å². The molecule has 4 nitrogen and oxygen atoms in total. The number of phenols is 1. The first kappa shape index (κ1) is 14.6. The number of amides is 1. The molecule has 0 spiro atoms.